The Kier molecular flexibility index (Phi) is 7.52. The molecule has 3 nitrogen and oxygen atoms in total. The molecule has 1 amide bonds. The first kappa shape index (κ1) is 19.0. The summed E-state index contributed by atoms with van der Waals surface area (Å²) in [6.45, 7) is 6.12. The number of anilines is 1. The third kappa shape index (κ3) is 6.26. The Hall–Kier alpha value is -2.29. The molecule has 0 radical (unpaired) electrons. The molecule has 0 heterocycles. The Morgan fingerprint density at radius 2 is 1.52 bits per heavy atom. The van der Waals surface area contributed by atoms with Crippen molar-refractivity contribution in [3.8, 4) is 5.75 Å². The molecular formula is C22H29NO2. The molecule has 3 heteroatoms. The molecule has 2 aromatic carbocycles. The largest absolute Gasteiger partial charge is 0.481 e. The fraction of sp³-hybridized carbons (Fsp3) is 0.409. The maximum absolute atomic E-state index is 12.3. The van der Waals surface area contributed by atoms with Crippen LogP contribution in [0.2, 0.25) is 0 Å². The zero-order valence-corrected chi connectivity index (χ0v) is 15.5. The molecule has 2 rings (SSSR count). The zero-order valence-electron chi connectivity index (χ0n) is 15.5. The van der Waals surface area contributed by atoms with Crippen LogP contribution in [0.3, 0.4) is 0 Å². The summed E-state index contributed by atoms with van der Waals surface area (Å²) in [5.74, 6) is 0.580. The monoisotopic (exact) mass is 339 g/mol. The van der Waals surface area contributed by atoms with Crippen molar-refractivity contribution in [2.45, 2.75) is 59.0 Å². The highest BCUT2D eigenvalue weighted by atomic mass is 16.5. The predicted molar refractivity (Wildman–Crippen MR) is 104 cm³/mol. The fourth-order valence-electron chi connectivity index (χ4n) is 2.66. The number of carbonyl (C=O) groups excluding carboxylic acids is 1. The number of benzene rings is 2. The van der Waals surface area contributed by atoms with Crippen molar-refractivity contribution in [1.29, 1.82) is 0 Å². The van der Waals surface area contributed by atoms with Gasteiger partial charge < -0.3 is 10.1 Å². The summed E-state index contributed by atoms with van der Waals surface area (Å²) in [6.07, 6.45) is 5.09. The third-order valence-corrected chi connectivity index (χ3v) is 4.18. The second-order valence-corrected chi connectivity index (χ2v) is 6.44. The first-order valence-corrected chi connectivity index (χ1v) is 9.27. The molecule has 0 aromatic heterocycles. The van der Waals surface area contributed by atoms with Crippen molar-refractivity contribution < 1.29 is 9.53 Å². The van der Waals surface area contributed by atoms with Gasteiger partial charge in [0, 0.05) is 5.69 Å². The topological polar surface area (TPSA) is 38.3 Å². The second kappa shape index (κ2) is 9.87. The molecule has 1 atom stereocenters. The number of hydrogen-bond acceptors (Lipinski definition) is 2. The van der Waals surface area contributed by atoms with Crippen LogP contribution in [-0.2, 0) is 17.6 Å². The predicted octanol–water partition coefficient (Wildman–Crippen LogP) is 5.39. The number of nitrogens with one attached hydrogen (secondary N) is 1. The molecule has 0 aliphatic carbocycles. The van der Waals surface area contributed by atoms with Crippen molar-refractivity contribution in [1.82, 2.24) is 0 Å². The van der Waals surface area contributed by atoms with E-state index in [9.17, 15) is 4.79 Å². The minimum absolute atomic E-state index is 0.140. The lowest BCUT2D eigenvalue weighted by molar-refractivity contribution is -0.122. The molecule has 0 aliphatic rings. The Balaban J connectivity index is 1.86. The van der Waals surface area contributed by atoms with Gasteiger partial charge in [0.05, 0.1) is 0 Å². The van der Waals surface area contributed by atoms with E-state index in [1.54, 1.807) is 6.92 Å². The normalized spacial score (nSPS) is 11.8. The van der Waals surface area contributed by atoms with Crippen molar-refractivity contribution in [3.05, 3.63) is 59.7 Å². The van der Waals surface area contributed by atoms with E-state index >= 15 is 0 Å². The fourth-order valence-corrected chi connectivity index (χ4v) is 2.66. The van der Waals surface area contributed by atoms with Crippen LogP contribution in [0, 0.1) is 0 Å². The Bertz CT molecular complexity index is 647. The lowest BCUT2D eigenvalue weighted by atomic mass is 10.1. The summed E-state index contributed by atoms with van der Waals surface area (Å²) >= 11 is 0. The molecular weight excluding hydrogens is 310 g/mol. The van der Waals surface area contributed by atoms with E-state index < -0.39 is 6.10 Å². The number of unbranched alkanes of at least 4 members (excludes halogenated alkanes) is 1. The summed E-state index contributed by atoms with van der Waals surface area (Å²) in [7, 11) is 0. The smallest absolute Gasteiger partial charge is 0.265 e. The highest BCUT2D eigenvalue weighted by Crippen LogP contribution is 2.16. The van der Waals surface area contributed by atoms with Crippen molar-refractivity contribution in [2.75, 3.05) is 5.32 Å². The Morgan fingerprint density at radius 1 is 0.920 bits per heavy atom. The first-order chi connectivity index (χ1) is 12.1. The van der Waals surface area contributed by atoms with Gasteiger partial charge in [0.2, 0.25) is 0 Å². The third-order valence-electron chi connectivity index (χ3n) is 4.18. The van der Waals surface area contributed by atoms with E-state index in [0.29, 0.717) is 0 Å². The summed E-state index contributed by atoms with van der Waals surface area (Å²) in [6, 6.07) is 16.0. The number of carbonyl (C=O) groups is 1. The minimum Gasteiger partial charge on any atom is -0.481 e. The Morgan fingerprint density at radius 3 is 2.12 bits per heavy atom. The van der Waals surface area contributed by atoms with Crippen LogP contribution >= 0.6 is 0 Å². The average molecular weight is 339 g/mol. The van der Waals surface area contributed by atoms with Gasteiger partial charge in [-0.2, -0.15) is 0 Å². The number of ether oxygens (including phenoxy) is 1. The van der Waals surface area contributed by atoms with Crippen LogP contribution in [0.1, 0.15) is 51.2 Å². The van der Waals surface area contributed by atoms with Crippen molar-refractivity contribution >= 4 is 11.6 Å². The van der Waals surface area contributed by atoms with Gasteiger partial charge in [0.25, 0.3) is 5.91 Å². The first-order valence-electron chi connectivity index (χ1n) is 9.27. The highest BCUT2D eigenvalue weighted by molar-refractivity contribution is 5.94. The molecule has 0 fully saturated rings. The molecule has 1 N–H and O–H groups in total. The number of rotatable bonds is 9. The van der Waals surface area contributed by atoms with Crippen LogP contribution in [0.25, 0.3) is 0 Å². The Labute approximate surface area is 151 Å². The van der Waals surface area contributed by atoms with Gasteiger partial charge in [0.1, 0.15) is 5.75 Å². The van der Waals surface area contributed by atoms with Crippen LogP contribution in [0.5, 0.6) is 5.75 Å². The van der Waals surface area contributed by atoms with E-state index in [1.807, 2.05) is 24.3 Å². The van der Waals surface area contributed by atoms with Crippen LogP contribution in [-0.4, -0.2) is 12.0 Å². The summed E-state index contributed by atoms with van der Waals surface area (Å²) in [5, 5.41) is 2.91. The van der Waals surface area contributed by atoms with E-state index in [2.05, 4.69) is 43.4 Å². The van der Waals surface area contributed by atoms with E-state index in [4.69, 9.17) is 4.74 Å². The maximum Gasteiger partial charge on any atom is 0.265 e. The molecule has 1 unspecified atom stereocenters. The molecule has 0 saturated carbocycles. The highest BCUT2D eigenvalue weighted by Gasteiger charge is 2.14. The van der Waals surface area contributed by atoms with E-state index in [0.717, 1.165) is 30.7 Å². The molecule has 2 aromatic rings. The summed E-state index contributed by atoms with van der Waals surface area (Å²) in [4.78, 5) is 12.3. The SMILES string of the molecule is CCCCc1ccc(NC(=O)C(C)Oc2ccc(CCC)cc2)cc1. The lowest BCUT2D eigenvalue weighted by Gasteiger charge is -2.15. The van der Waals surface area contributed by atoms with Gasteiger partial charge in [-0.15, -0.1) is 0 Å². The molecule has 0 bridgehead atoms. The number of amides is 1. The maximum atomic E-state index is 12.3. The molecule has 134 valence electrons. The van der Waals surface area contributed by atoms with Crippen molar-refractivity contribution in [2.24, 2.45) is 0 Å². The molecule has 0 saturated heterocycles. The minimum atomic E-state index is -0.545. The van der Waals surface area contributed by atoms with Gasteiger partial charge in [-0.3, -0.25) is 4.79 Å². The average Bonchev–Trinajstić information content (AvgIpc) is 2.63. The lowest BCUT2D eigenvalue weighted by Crippen LogP contribution is -2.30. The quantitative estimate of drug-likeness (QED) is 0.665. The van der Waals surface area contributed by atoms with E-state index in [1.165, 1.54) is 24.0 Å². The number of hydrogen-bond donors (Lipinski definition) is 1. The van der Waals surface area contributed by atoms with Gasteiger partial charge in [0.15, 0.2) is 6.10 Å². The second-order valence-electron chi connectivity index (χ2n) is 6.44. The van der Waals surface area contributed by atoms with Gasteiger partial charge in [-0.05, 0) is 61.6 Å². The molecule has 0 spiro atoms. The summed E-state index contributed by atoms with van der Waals surface area (Å²) in [5.41, 5.74) is 3.39. The molecule has 0 aliphatic heterocycles. The van der Waals surface area contributed by atoms with Gasteiger partial charge in [-0.1, -0.05) is 51.0 Å². The standard InChI is InChI=1S/C22H29NO2/c1-4-6-8-19-9-13-20(14-10-19)23-22(24)17(3)25-21-15-11-18(7-5-2)12-16-21/h9-17H,4-8H2,1-3H3,(H,23,24). The van der Waals surface area contributed by atoms with Crippen LogP contribution in [0.4, 0.5) is 5.69 Å². The van der Waals surface area contributed by atoms with Crippen molar-refractivity contribution in [3.63, 3.8) is 0 Å². The van der Waals surface area contributed by atoms with Gasteiger partial charge >= 0.3 is 0 Å². The summed E-state index contributed by atoms with van der Waals surface area (Å²) < 4.78 is 5.75. The number of aryl methyl sites for hydroxylation is 2. The van der Waals surface area contributed by atoms with Crippen LogP contribution < -0.4 is 10.1 Å². The zero-order chi connectivity index (χ0) is 18.1. The molecule has 25 heavy (non-hydrogen) atoms. The van der Waals surface area contributed by atoms with Gasteiger partial charge in [-0.25, -0.2) is 0 Å². The van der Waals surface area contributed by atoms with Crippen LogP contribution in [0.15, 0.2) is 48.5 Å². The van der Waals surface area contributed by atoms with E-state index in [-0.39, 0.29) is 5.91 Å².